The van der Waals surface area contributed by atoms with Crippen LogP contribution in [0.1, 0.15) is 57.8 Å². The van der Waals surface area contributed by atoms with Gasteiger partial charge in [0.2, 0.25) is 5.91 Å². The minimum Gasteiger partial charge on any atom is -0.353 e. The molecule has 0 aromatic rings. The molecule has 2 aliphatic carbocycles. The van der Waals surface area contributed by atoms with Crippen LogP contribution in [-0.4, -0.2) is 18.5 Å². The maximum absolute atomic E-state index is 11.9. The van der Waals surface area contributed by atoms with Gasteiger partial charge in [-0.3, -0.25) is 4.79 Å². The summed E-state index contributed by atoms with van der Waals surface area (Å²) in [4.78, 5) is 11.9. The highest BCUT2D eigenvalue weighted by Gasteiger charge is 2.33. The van der Waals surface area contributed by atoms with Gasteiger partial charge in [0.05, 0.1) is 0 Å². The van der Waals surface area contributed by atoms with Crippen LogP contribution < -0.4 is 11.1 Å². The SMILES string of the molecule is Cl.NCC1(CC(=O)NC2CCC2)CCCCC1. The van der Waals surface area contributed by atoms with E-state index in [-0.39, 0.29) is 23.7 Å². The summed E-state index contributed by atoms with van der Waals surface area (Å²) in [6.45, 7) is 0.672. The first-order valence-corrected chi connectivity index (χ1v) is 6.74. The summed E-state index contributed by atoms with van der Waals surface area (Å²) >= 11 is 0. The molecule has 0 unspecified atom stereocenters. The molecule has 2 aliphatic rings. The van der Waals surface area contributed by atoms with Crippen molar-refractivity contribution >= 4 is 18.3 Å². The van der Waals surface area contributed by atoms with E-state index < -0.39 is 0 Å². The monoisotopic (exact) mass is 260 g/mol. The molecule has 0 spiro atoms. The van der Waals surface area contributed by atoms with Crippen LogP contribution in [0.3, 0.4) is 0 Å². The van der Waals surface area contributed by atoms with Gasteiger partial charge in [-0.2, -0.15) is 0 Å². The van der Waals surface area contributed by atoms with Crippen LogP contribution in [0.4, 0.5) is 0 Å². The Bertz CT molecular complexity index is 248. The zero-order chi connectivity index (χ0) is 11.4. The lowest BCUT2D eigenvalue weighted by Gasteiger charge is -2.36. The second-order valence-electron chi connectivity index (χ2n) is 5.64. The molecule has 0 aliphatic heterocycles. The van der Waals surface area contributed by atoms with Crippen LogP contribution in [0.15, 0.2) is 0 Å². The molecule has 17 heavy (non-hydrogen) atoms. The molecule has 1 amide bonds. The molecule has 0 aromatic heterocycles. The van der Waals surface area contributed by atoms with Gasteiger partial charge in [0.15, 0.2) is 0 Å². The normalized spacial score (nSPS) is 23.4. The van der Waals surface area contributed by atoms with Gasteiger partial charge >= 0.3 is 0 Å². The Labute approximate surface area is 110 Å². The molecule has 0 atom stereocenters. The molecule has 2 rings (SSSR count). The van der Waals surface area contributed by atoms with E-state index in [2.05, 4.69) is 5.32 Å². The number of carbonyl (C=O) groups is 1. The summed E-state index contributed by atoms with van der Waals surface area (Å²) in [5.41, 5.74) is 6.00. The summed E-state index contributed by atoms with van der Waals surface area (Å²) < 4.78 is 0. The Balaban J connectivity index is 0.00000144. The van der Waals surface area contributed by atoms with Crippen LogP contribution in [0.2, 0.25) is 0 Å². The molecule has 4 heteroatoms. The van der Waals surface area contributed by atoms with Crippen LogP contribution in [0.25, 0.3) is 0 Å². The van der Waals surface area contributed by atoms with Crippen molar-refractivity contribution in [2.24, 2.45) is 11.1 Å². The first-order valence-electron chi connectivity index (χ1n) is 6.74. The number of nitrogens with one attached hydrogen (secondary N) is 1. The summed E-state index contributed by atoms with van der Waals surface area (Å²) in [6, 6.07) is 0.464. The number of hydrogen-bond acceptors (Lipinski definition) is 2. The van der Waals surface area contributed by atoms with Crippen LogP contribution in [-0.2, 0) is 4.79 Å². The Kier molecular flexibility index (Phi) is 5.74. The average Bonchev–Trinajstić information content (AvgIpc) is 2.25. The zero-order valence-electron chi connectivity index (χ0n) is 10.5. The molecular weight excluding hydrogens is 236 g/mol. The van der Waals surface area contributed by atoms with Crippen LogP contribution in [0.5, 0.6) is 0 Å². The number of nitrogens with two attached hydrogens (primary N) is 1. The predicted molar refractivity (Wildman–Crippen MR) is 72.2 cm³/mol. The quantitative estimate of drug-likeness (QED) is 0.816. The molecule has 3 nitrogen and oxygen atoms in total. The molecular formula is C13H25ClN2O. The fourth-order valence-corrected chi connectivity index (χ4v) is 2.93. The second-order valence-corrected chi connectivity index (χ2v) is 5.64. The Hall–Kier alpha value is -0.280. The van der Waals surface area contributed by atoms with Crippen molar-refractivity contribution in [1.29, 1.82) is 0 Å². The summed E-state index contributed by atoms with van der Waals surface area (Å²) in [5, 5.41) is 3.13. The van der Waals surface area contributed by atoms with Gasteiger partial charge in [0.25, 0.3) is 0 Å². The lowest BCUT2D eigenvalue weighted by Crippen LogP contribution is -2.44. The summed E-state index contributed by atoms with van der Waals surface area (Å²) in [6.07, 6.45) is 10.3. The number of rotatable bonds is 4. The predicted octanol–water partition coefficient (Wildman–Crippen LogP) is 2.38. The molecule has 0 aromatic carbocycles. The smallest absolute Gasteiger partial charge is 0.220 e. The molecule has 0 radical (unpaired) electrons. The van der Waals surface area contributed by atoms with Crippen molar-refractivity contribution in [1.82, 2.24) is 5.32 Å². The summed E-state index contributed by atoms with van der Waals surface area (Å²) in [7, 11) is 0. The number of halogens is 1. The summed E-state index contributed by atoms with van der Waals surface area (Å²) in [5.74, 6) is 0.233. The topological polar surface area (TPSA) is 55.1 Å². The number of hydrogen-bond donors (Lipinski definition) is 2. The Morgan fingerprint density at radius 3 is 2.29 bits per heavy atom. The molecule has 0 heterocycles. The van der Waals surface area contributed by atoms with E-state index in [1.54, 1.807) is 0 Å². The van der Waals surface area contributed by atoms with Crippen molar-refractivity contribution in [3.8, 4) is 0 Å². The molecule has 3 N–H and O–H groups in total. The number of carbonyl (C=O) groups excluding carboxylic acids is 1. The maximum Gasteiger partial charge on any atom is 0.220 e. The van der Waals surface area contributed by atoms with Gasteiger partial charge in [-0.1, -0.05) is 19.3 Å². The lowest BCUT2D eigenvalue weighted by molar-refractivity contribution is -0.125. The zero-order valence-corrected chi connectivity index (χ0v) is 11.4. The first-order chi connectivity index (χ1) is 7.74. The third kappa shape index (κ3) is 3.85. The van der Waals surface area contributed by atoms with Gasteiger partial charge < -0.3 is 11.1 Å². The van der Waals surface area contributed by atoms with Gasteiger partial charge in [0, 0.05) is 12.5 Å². The van der Waals surface area contributed by atoms with Crippen LogP contribution >= 0.6 is 12.4 Å². The molecule has 2 fully saturated rings. The van der Waals surface area contributed by atoms with Gasteiger partial charge in [-0.25, -0.2) is 0 Å². The highest BCUT2D eigenvalue weighted by atomic mass is 35.5. The van der Waals surface area contributed by atoms with E-state index >= 15 is 0 Å². The van der Waals surface area contributed by atoms with E-state index in [9.17, 15) is 4.79 Å². The standard InChI is InChI=1S/C13H24N2O.ClH/c14-10-13(7-2-1-3-8-13)9-12(16)15-11-5-4-6-11;/h11H,1-10,14H2,(H,15,16);1H. The molecule has 2 saturated carbocycles. The first kappa shape index (κ1) is 14.8. The van der Waals surface area contributed by atoms with Crippen molar-refractivity contribution in [2.75, 3.05) is 6.54 Å². The second kappa shape index (κ2) is 6.60. The largest absolute Gasteiger partial charge is 0.353 e. The van der Waals surface area contributed by atoms with Gasteiger partial charge in [0.1, 0.15) is 0 Å². The van der Waals surface area contributed by atoms with Gasteiger partial charge in [-0.05, 0) is 44.1 Å². The highest BCUT2D eigenvalue weighted by Crippen LogP contribution is 2.38. The van der Waals surface area contributed by atoms with Gasteiger partial charge in [-0.15, -0.1) is 12.4 Å². The third-order valence-electron chi connectivity index (χ3n) is 4.35. The fourth-order valence-electron chi connectivity index (χ4n) is 2.93. The van der Waals surface area contributed by atoms with E-state index in [1.165, 1.54) is 38.5 Å². The average molecular weight is 261 g/mol. The van der Waals surface area contributed by atoms with E-state index in [4.69, 9.17) is 5.73 Å². The molecule has 0 bridgehead atoms. The third-order valence-corrected chi connectivity index (χ3v) is 4.35. The Morgan fingerprint density at radius 1 is 1.18 bits per heavy atom. The van der Waals surface area contributed by atoms with Crippen molar-refractivity contribution in [3.63, 3.8) is 0 Å². The highest BCUT2D eigenvalue weighted by molar-refractivity contribution is 5.85. The van der Waals surface area contributed by atoms with Crippen molar-refractivity contribution in [2.45, 2.75) is 63.8 Å². The minimum absolute atomic E-state index is 0. The lowest BCUT2D eigenvalue weighted by atomic mass is 9.71. The Morgan fingerprint density at radius 2 is 1.82 bits per heavy atom. The van der Waals surface area contributed by atoms with Crippen LogP contribution in [0, 0.1) is 5.41 Å². The number of amides is 1. The maximum atomic E-state index is 11.9. The van der Waals surface area contributed by atoms with Crippen molar-refractivity contribution < 1.29 is 4.79 Å². The van der Waals surface area contributed by atoms with E-state index in [1.807, 2.05) is 0 Å². The molecule has 100 valence electrons. The van der Waals surface area contributed by atoms with E-state index in [0.717, 1.165) is 12.8 Å². The molecule has 0 saturated heterocycles. The van der Waals surface area contributed by atoms with Crippen molar-refractivity contribution in [3.05, 3.63) is 0 Å². The minimum atomic E-state index is 0. The van der Waals surface area contributed by atoms with E-state index in [0.29, 0.717) is 19.0 Å². The fraction of sp³-hybridized carbons (Fsp3) is 0.923.